The fourth-order valence-electron chi connectivity index (χ4n) is 6.62. The SMILES string of the molecule is CN1CCN(C2CCN(c3ccc(Nc4nc(NC5CC(O)C5)c(-c5cncc6[nH]ccc56)nc4C(N)=O)cc3)CC2)CC1. The highest BCUT2D eigenvalue weighted by molar-refractivity contribution is 6.00. The number of aromatic amines is 1. The van der Waals surface area contributed by atoms with Gasteiger partial charge in [0, 0.05) is 86.1 Å². The number of fused-ring (bicyclic) bond motifs is 1. The van der Waals surface area contributed by atoms with Gasteiger partial charge in [-0.05, 0) is 63.1 Å². The van der Waals surface area contributed by atoms with Gasteiger partial charge in [-0.15, -0.1) is 0 Å². The molecule has 4 aromatic rings. The van der Waals surface area contributed by atoms with E-state index in [1.807, 2.05) is 24.4 Å². The Morgan fingerprint density at radius 2 is 1.73 bits per heavy atom. The van der Waals surface area contributed by atoms with E-state index in [1.165, 1.54) is 18.5 Å². The third-order valence-corrected chi connectivity index (χ3v) is 9.33. The average molecular weight is 597 g/mol. The van der Waals surface area contributed by atoms with E-state index in [0.717, 1.165) is 61.4 Å². The lowest BCUT2D eigenvalue weighted by Gasteiger charge is -2.42. The first-order valence-electron chi connectivity index (χ1n) is 15.5. The Morgan fingerprint density at radius 3 is 2.43 bits per heavy atom. The molecule has 5 heterocycles. The molecule has 0 radical (unpaired) electrons. The molecule has 0 spiro atoms. The van der Waals surface area contributed by atoms with Crippen LogP contribution in [0.5, 0.6) is 0 Å². The van der Waals surface area contributed by atoms with Gasteiger partial charge >= 0.3 is 0 Å². The van der Waals surface area contributed by atoms with Crippen LogP contribution in [0.2, 0.25) is 0 Å². The minimum absolute atomic E-state index is 0.0433. The third-order valence-electron chi connectivity index (χ3n) is 9.33. The quantitative estimate of drug-likeness (QED) is 0.205. The van der Waals surface area contributed by atoms with E-state index in [2.05, 4.69) is 54.5 Å². The lowest BCUT2D eigenvalue weighted by Crippen LogP contribution is -2.52. The zero-order valence-corrected chi connectivity index (χ0v) is 25.0. The molecule has 7 rings (SSSR count). The molecular weight excluding hydrogens is 556 g/mol. The van der Waals surface area contributed by atoms with Gasteiger partial charge in [-0.2, -0.15) is 0 Å². The Balaban J connectivity index is 1.11. The molecule has 1 aliphatic carbocycles. The predicted octanol–water partition coefficient (Wildman–Crippen LogP) is 3.01. The Labute approximate surface area is 256 Å². The Hall–Kier alpha value is -4.26. The summed E-state index contributed by atoms with van der Waals surface area (Å²) in [4.78, 5) is 37.3. The van der Waals surface area contributed by atoms with Gasteiger partial charge in [0.15, 0.2) is 17.3 Å². The summed E-state index contributed by atoms with van der Waals surface area (Å²) in [7, 11) is 2.20. The number of aliphatic hydroxyl groups excluding tert-OH is 1. The van der Waals surface area contributed by atoms with E-state index < -0.39 is 5.91 Å². The molecule has 1 saturated carbocycles. The van der Waals surface area contributed by atoms with Gasteiger partial charge in [0.25, 0.3) is 5.91 Å². The Bertz CT molecular complexity index is 1620. The zero-order valence-electron chi connectivity index (χ0n) is 25.0. The maximum Gasteiger partial charge on any atom is 0.271 e. The molecular formula is C32H40N10O2. The highest BCUT2D eigenvalue weighted by Crippen LogP contribution is 2.35. The number of nitrogens with zero attached hydrogens (tertiary/aromatic N) is 6. The first-order chi connectivity index (χ1) is 21.4. The molecule has 6 N–H and O–H groups in total. The molecule has 0 atom stereocenters. The van der Waals surface area contributed by atoms with Crippen LogP contribution in [0.25, 0.3) is 22.2 Å². The van der Waals surface area contributed by atoms with Crippen LogP contribution in [0.1, 0.15) is 36.2 Å². The lowest BCUT2D eigenvalue weighted by molar-refractivity contribution is 0.0835. The molecule has 3 aliphatic rings. The maximum atomic E-state index is 12.7. The fraction of sp³-hybridized carbons (Fsp3) is 0.438. The van der Waals surface area contributed by atoms with E-state index in [4.69, 9.17) is 15.7 Å². The molecule has 1 amide bonds. The topological polar surface area (TPSA) is 152 Å². The van der Waals surface area contributed by atoms with Gasteiger partial charge < -0.3 is 36.3 Å². The standard InChI is InChI=1S/C32H40N10O2/c1-40-12-14-42(15-13-40)23-7-10-41(11-8-23)22-4-2-20(3-5-22)36-32-29(30(33)44)38-28(31(39-32)37-21-16-24(43)17-21)26-18-34-19-27-25(26)6-9-35-27/h2-6,9,18-19,21,23-24,35,43H,7-8,10-17H2,1H3,(H2,33,44)(H2,36,37,39). The van der Waals surface area contributed by atoms with Crippen LogP contribution in [0.3, 0.4) is 0 Å². The van der Waals surface area contributed by atoms with Gasteiger partial charge in [-0.3, -0.25) is 14.7 Å². The summed E-state index contributed by atoms with van der Waals surface area (Å²) >= 11 is 0. The summed E-state index contributed by atoms with van der Waals surface area (Å²) in [6, 6.07) is 10.9. The molecule has 44 heavy (non-hydrogen) atoms. The second-order valence-electron chi connectivity index (χ2n) is 12.3. The number of nitrogens with two attached hydrogens (primary N) is 1. The first kappa shape index (κ1) is 28.5. The van der Waals surface area contributed by atoms with Crippen LogP contribution in [0.4, 0.5) is 23.0 Å². The summed E-state index contributed by atoms with van der Waals surface area (Å²) in [6.07, 6.45) is 8.53. The molecule has 2 aliphatic heterocycles. The van der Waals surface area contributed by atoms with Crippen LogP contribution >= 0.6 is 0 Å². The second kappa shape index (κ2) is 12.0. The number of carbonyl (C=O) groups is 1. The number of piperidine rings is 1. The number of hydrogen-bond donors (Lipinski definition) is 5. The normalized spacial score (nSPS) is 21.7. The largest absolute Gasteiger partial charge is 0.393 e. The third kappa shape index (κ3) is 5.80. The molecule has 230 valence electrons. The molecule has 0 bridgehead atoms. The van der Waals surface area contributed by atoms with Gasteiger partial charge in [-0.25, -0.2) is 9.97 Å². The van der Waals surface area contributed by atoms with Gasteiger partial charge in [0.05, 0.1) is 17.8 Å². The number of H-pyrrole nitrogens is 1. The van der Waals surface area contributed by atoms with Crippen molar-refractivity contribution in [3.63, 3.8) is 0 Å². The molecule has 12 heteroatoms. The number of amides is 1. The minimum atomic E-state index is -0.680. The van der Waals surface area contributed by atoms with Crippen molar-refractivity contribution < 1.29 is 9.90 Å². The van der Waals surface area contributed by atoms with E-state index in [9.17, 15) is 9.90 Å². The monoisotopic (exact) mass is 596 g/mol. The highest BCUT2D eigenvalue weighted by Gasteiger charge is 2.30. The minimum Gasteiger partial charge on any atom is -0.393 e. The molecule has 2 saturated heterocycles. The smallest absolute Gasteiger partial charge is 0.271 e. The van der Waals surface area contributed by atoms with E-state index in [1.54, 1.807) is 12.4 Å². The van der Waals surface area contributed by atoms with Crippen LogP contribution < -0.4 is 21.3 Å². The Kier molecular flexibility index (Phi) is 7.79. The van der Waals surface area contributed by atoms with Gasteiger partial charge in [0.2, 0.25) is 0 Å². The maximum absolute atomic E-state index is 12.7. The number of carbonyl (C=O) groups excluding carboxylic acids is 1. The van der Waals surface area contributed by atoms with Gasteiger partial charge in [0.1, 0.15) is 5.69 Å². The van der Waals surface area contributed by atoms with Crippen molar-refractivity contribution >= 4 is 39.8 Å². The van der Waals surface area contributed by atoms with Crippen molar-refractivity contribution in [1.29, 1.82) is 0 Å². The van der Waals surface area contributed by atoms with Crippen LogP contribution in [0, 0.1) is 0 Å². The number of piperazine rings is 1. The van der Waals surface area contributed by atoms with Crippen molar-refractivity contribution in [2.75, 3.05) is 61.8 Å². The highest BCUT2D eigenvalue weighted by atomic mass is 16.3. The number of rotatable bonds is 8. The van der Waals surface area contributed by atoms with E-state index in [-0.39, 0.29) is 23.7 Å². The molecule has 3 fully saturated rings. The van der Waals surface area contributed by atoms with Crippen molar-refractivity contribution in [2.24, 2.45) is 5.73 Å². The predicted molar refractivity (Wildman–Crippen MR) is 172 cm³/mol. The molecule has 0 unspecified atom stereocenters. The summed E-state index contributed by atoms with van der Waals surface area (Å²) in [5.41, 5.74) is 9.91. The summed E-state index contributed by atoms with van der Waals surface area (Å²) in [5, 5.41) is 17.5. The number of pyridine rings is 1. The number of nitrogens with one attached hydrogen (secondary N) is 3. The number of aromatic nitrogens is 4. The van der Waals surface area contributed by atoms with Gasteiger partial charge in [-0.1, -0.05) is 0 Å². The summed E-state index contributed by atoms with van der Waals surface area (Å²) in [5.74, 6) is 0.101. The number of aliphatic hydroxyl groups is 1. The van der Waals surface area contributed by atoms with Crippen LogP contribution in [-0.2, 0) is 0 Å². The number of benzene rings is 1. The first-order valence-corrected chi connectivity index (χ1v) is 15.5. The Morgan fingerprint density at radius 1 is 0.977 bits per heavy atom. The average Bonchev–Trinajstić information content (AvgIpc) is 3.51. The summed E-state index contributed by atoms with van der Waals surface area (Å²) < 4.78 is 0. The molecule has 1 aromatic carbocycles. The zero-order chi connectivity index (χ0) is 30.2. The number of primary amides is 1. The number of likely N-dealkylation sites (N-methyl/N-ethyl adjacent to an activating group) is 1. The molecule has 12 nitrogen and oxygen atoms in total. The number of anilines is 4. The van der Waals surface area contributed by atoms with E-state index >= 15 is 0 Å². The molecule has 3 aromatic heterocycles. The number of hydrogen-bond acceptors (Lipinski definition) is 10. The lowest BCUT2D eigenvalue weighted by atomic mass is 9.89. The van der Waals surface area contributed by atoms with Crippen LogP contribution in [-0.4, -0.2) is 105 Å². The fourth-order valence-corrected chi connectivity index (χ4v) is 6.62. The second-order valence-corrected chi connectivity index (χ2v) is 12.3. The van der Waals surface area contributed by atoms with Crippen LogP contribution in [0.15, 0.2) is 48.9 Å². The van der Waals surface area contributed by atoms with Crippen molar-refractivity contribution in [1.82, 2.24) is 29.7 Å². The van der Waals surface area contributed by atoms with E-state index in [0.29, 0.717) is 30.4 Å². The van der Waals surface area contributed by atoms with Crippen molar-refractivity contribution in [3.05, 3.63) is 54.6 Å². The summed E-state index contributed by atoms with van der Waals surface area (Å²) in [6.45, 7) is 6.71. The van der Waals surface area contributed by atoms with Crippen molar-refractivity contribution in [3.8, 4) is 11.3 Å². The van der Waals surface area contributed by atoms with Crippen molar-refractivity contribution in [2.45, 2.75) is 43.9 Å².